The van der Waals surface area contributed by atoms with E-state index in [1.165, 1.54) is 353 Å². The van der Waals surface area contributed by atoms with E-state index in [2.05, 4.69) is 104 Å². The summed E-state index contributed by atoms with van der Waals surface area (Å²) in [6.45, 7) is 11.3. The zero-order chi connectivity index (χ0) is 58.0. The van der Waals surface area contributed by atoms with Crippen LogP contribution in [0.25, 0.3) is 16.9 Å². The van der Waals surface area contributed by atoms with Crippen molar-refractivity contribution in [1.29, 1.82) is 0 Å². The molecule has 0 aliphatic carbocycles. The minimum absolute atomic E-state index is 0.883. The van der Waals surface area contributed by atoms with Gasteiger partial charge in [0, 0.05) is 22.8 Å². The van der Waals surface area contributed by atoms with Crippen LogP contribution < -0.4 is 0 Å². The van der Waals surface area contributed by atoms with Crippen molar-refractivity contribution in [1.82, 2.24) is 0 Å². The normalized spacial score (nSPS) is 12.5. The molecular weight excluding hydrogens is 1020 g/mol. The molecular formula is C78H138N2Ni. The van der Waals surface area contributed by atoms with Gasteiger partial charge in [-0.05, 0) is 73.9 Å². The molecule has 0 fully saturated rings. The van der Waals surface area contributed by atoms with Crippen LogP contribution in [-0.4, -0.2) is 4.70 Å². The summed E-state index contributed by atoms with van der Waals surface area (Å²) in [5.41, 5.74) is 19.1. The smallest absolute Gasteiger partial charge is 0.0654 e. The first-order valence-electron chi connectivity index (χ1n) is 36.7. The molecule has 2 aromatic rings. The van der Waals surface area contributed by atoms with Crippen molar-refractivity contribution in [3.05, 3.63) is 88.0 Å². The number of hydrogen-bond donors (Lipinski definition) is 0. The molecule has 0 unspecified atom stereocenters. The number of unbranched alkanes of at least 4 members (excludes halogenated alkanes) is 47. The maximum atomic E-state index is 11.2. The van der Waals surface area contributed by atoms with E-state index in [1.54, 1.807) is 0 Å². The second-order valence-corrected chi connectivity index (χ2v) is 26.9. The molecule has 0 saturated carbocycles. The van der Waals surface area contributed by atoms with Gasteiger partial charge in [-0.15, -0.1) is 0 Å². The Morgan fingerprint density at radius 3 is 0.778 bits per heavy atom. The Labute approximate surface area is 514 Å². The summed E-state index contributed by atoms with van der Waals surface area (Å²) in [4.78, 5) is 0. The minimum Gasteiger partial charge on any atom is -0.0654 e. The average Bonchev–Trinajstić information content (AvgIpc) is 3.83. The zero-order valence-electron chi connectivity index (χ0n) is 55.2. The van der Waals surface area contributed by atoms with Gasteiger partial charge >= 0.3 is 166 Å². The first kappa shape index (κ1) is 75.1. The molecule has 0 atom stereocenters. The SMILES string of the molecule is CCCCC1=C(c2ccc(CCCC)cc2)[N+](=[N-])C(c2ccc(CCCC)cc2)=C1.CCCCCCCCCCCCCCCCCCCCCCCC[CH2][Ni][CH2]CCCCCCCCCCCCCCCCCCCCCCCC. The second-order valence-electron chi connectivity index (χ2n) is 25.5. The Hall–Kier alpha value is -1.99. The molecule has 2 nitrogen and oxygen atoms in total. The van der Waals surface area contributed by atoms with E-state index in [0.717, 1.165) is 54.6 Å². The third-order valence-corrected chi connectivity index (χ3v) is 19.0. The van der Waals surface area contributed by atoms with Gasteiger partial charge in [-0.1, -0.05) is 232 Å². The van der Waals surface area contributed by atoms with E-state index in [9.17, 15) is 5.53 Å². The van der Waals surface area contributed by atoms with Gasteiger partial charge in [0.15, 0.2) is 0 Å². The predicted octanol–water partition coefficient (Wildman–Crippen LogP) is 28.3. The Morgan fingerprint density at radius 2 is 0.506 bits per heavy atom. The van der Waals surface area contributed by atoms with Crippen molar-refractivity contribution in [2.75, 3.05) is 0 Å². The van der Waals surface area contributed by atoms with Crippen molar-refractivity contribution in [2.24, 2.45) is 0 Å². The summed E-state index contributed by atoms with van der Waals surface area (Å²) in [5.74, 6) is 0. The van der Waals surface area contributed by atoms with Gasteiger partial charge in [-0.25, -0.2) is 4.70 Å². The van der Waals surface area contributed by atoms with Crippen LogP contribution >= 0.6 is 0 Å². The molecule has 2 aromatic carbocycles. The monoisotopic (exact) mass is 1160 g/mol. The Bertz CT molecular complexity index is 1660. The van der Waals surface area contributed by atoms with Crippen LogP contribution in [0.3, 0.4) is 0 Å². The third-order valence-electron chi connectivity index (χ3n) is 17.6. The van der Waals surface area contributed by atoms with Crippen molar-refractivity contribution in [3.8, 4) is 0 Å². The molecule has 0 amide bonds. The molecule has 3 heteroatoms. The maximum absolute atomic E-state index is 11.2. The van der Waals surface area contributed by atoms with E-state index >= 15 is 0 Å². The summed E-state index contributed by atoms with van der Waals surface area (Å²) in [7, 11) is 0. The number of hydrogen-bond acceptors (Lipinski definition) is 0. The van der Waals surface area contributed by atoms with E-state index in [-0.39, 0.29) is 0 Å². The van der Waals surface area contributed by atoms with Crippen LogP contribution in [0, 0.1) is 0 Å². The van der Waals surface area contributed by atoms with Gasteiger partial charge in [-0.2, -0.15) is 0 Å². The molecule has 3 rings (SSSR count). The van der Waals surface area contributed by atoms with Gasteiger partial charge in [0.2, 0.25) is 11.4 Å². The van der Waals surface area contributed by atoms with E-state index in [4.69, 9.17) is 0 Å². The zero-order valence-corrected chi connectivity index (χ0v) is 56.2. The summed E-state index contributed by atoms with van der Waals surface area (Å²) in [6, 6.07) is 17.5. The summed E-state index contributed by atoms with van der Waals surface area (Å²) in [5, 5.41) is 2.87. The van der Waals surface area contributed by atoms with Crippen LogP contribution in [0.1, 0.15) is 397 Å². The summed E-state index contributed by atoms with van der Waals surface area (Å²) in [6.07, 6.45) is 80.7. The minimum atomic E-state index is 0.883. The predicted molar refractivity (Wildman–Crippen MR) is 361 cm³/mol. The molecule has 81 heavy (non-hydrogen) atoms. The summed E-state index contributed by atoms with van der Waals surface area (Å²) < 4.78 is 1.41. The number of benzene rings is 2. The molecule has 1 heterocycles. The van der Waals surface area contributed by atoms with E-state index in [1.807, 2.05) is 0 Å². The third kappa shape index (κ3) is 43.3. The molecule has 1 aliphatic rings. The molecule has 0 N–H and O–H groups in total. The van der Waals surface area contributed by atoms with Crippen molar-refractivity contribution >= 4 is 11.4 Å². The first-order valence-corrected chi connectivity index (χ1v) is 38.1. The quantitative estimate of drug-likeness (QED) is 0.0358. The molecule has 1 aliphatic heterocycles. The Balaban J connectivity index is 0.000000627. The summed E-state index contributed by atoms with van der Waals surface area (Å²) >= 11 is 2.05. The number of aryl methyl sites for hydroxylation is 2. The van der Waals surface area contributed by atoms with E-state index in [0.29, 0.717) is 0 Å². The van der Waals surface area contributed by atoms with Crippen molar-refractivity contribution in [3.63, 3.8) is 0 Å². The fourth-order valence-electron chi connectivity index (χ4n) is 12.0. The topological polar surface area (TPSA) is 25.3 Å². The Kier molecular flexibility index (Phi) is 54.2. The van der Waals surface area contributed by atoms with Crippen LogP contribution in [0.2, 0.25) is 10.8 Å². The van der Waals surface area contributed by atoms with Gasteiger partial charge in [0.25, 0.3) is 0 Å². The van der Waals surface area contributed by atoms with E-state index < -0.39 is 0 Å². The molecule has 0 radical (unpaired) electrons. The van der Waals surface area contributed by atoms with Crippen molar-refractivity contribution < 1.29 is 19.1 Å². The van der Waals surface area contributed by atoms with Gasteiger partial charge in [-0.3, -0.25) is 0 Å². The number of rotatable bonds is 59. The van der Waals surface area contributed by atoms with Gasteiger partial charge in [0.1, 0.15) is 0 Å². The standard InChI is InChI=1S/C28H36N2.2C25H51.Ni/c1-4-7-10-22-13-17-24(18-14-22)27-21-26(12-9-6-3)28(30(27)29)25-19-15-23(16-20-25)11-8-5-2;2*1-3-5-7-9-11-13-15-17-19-21-23-25-24-22-20-18-16-14-12-10-8-6-4-2;/h13-21H,4-12H2,1-3H3;2*1,3-25H2,2H3;. The fraction of sp³-hybridized carbons (Fsp3) is 0.795. The van der Waals surface area contributed by atoms with Crippen LogP contribution in [0.15, 0.2) is 60.2 Å². The van der Waals surface area contributed by atoms with Gasteiger partial charge < -0.3 is 5.53 Å². The van der Waals surface area contributed by atoms with Crippen LogP contribution in [-0.2, 0) is 27.3 Å². The first-order chi connectivity index (χ1) is 40.1. The number of allylic oxidation sites excluding steroid dienone is 2. The number of nitrogens with zero attached hydrogens (tertiary/aromatic N) is 2. The molecule has 0 bridgehead atoms. The molecule has 0 saturated heterocycles. The van der Waals surface area contributed by atoms with Crippen molar-refractivity contribution in [2.45, 2.75) is 399 Å². The second kappa shape index (κ2) is 58.4. The average molecular weight is 1160 g/mol. The Morgan fingerprint density at radius 1 is 0.272 bits per heavy atom. The fourth-order valence-corrected chi connectivity index (χ4v) is 13.3. The molecule has 470 valence electrons. The van der Waals surface area contributed by atoms with Gasteiger partial charge in [0.05, 0.1) is 0 Å². The van der Waals surface area contributed by atoms with Crippen LogP contribution in [0.5, 0.6) is 0 Å². The molecule has 0 spiro atoms. The van der Waals surface area contributed by atoms with Crippen LogP contribution in [0.4, 0.5) is 0 Å². The molecule has 0 aromatic heterocycles.